The fourth-order valence-corrected chi connectivity index (χ4v) is 3.28. The molecule has 2 aromatic heterocycles. The molecule has 1 aliphatic rings. The smallest absolute Gasteiger partial charge is 0.291 e. The number of Topliss-reactive ketones (excluding diaryl/α,β-unsaturated/α-hetero) is 1. The van der Waals surface area contributed by atoms with Crippen molar-refractivity contribution in [3.63, 3.8) is 0 Å². The third kappa shape index (κ3) is 3.68. The maximum absolute atomic E-state index is 13.2. The second kappa shape index (κ2) is 7.56. The molecule has 2 heterocycles. The fourth-order valence-electron chi connectivity index (χ4n) is 3.10. The van der Waals surface area contributed by atoms with Crippen molar-refractivity contribution in [1.29, 1.82) is 0 Å². The van der Waals surface area contributed by atoms with Crippen molar-refractivity contribution < 1.29 is 4.79 Å². The van der Waals surface area contributed by atoms with Crippen molar-refractivity contribution in [3.8, 4) is 11.3 Å². The molecule has 0 spiro atoms. The molecule has 0 radical (unpaired) electrons. The van der Waals surface area contributed by atoms with Gasteiger partial charge in [0.25, 0.3) is 5.56 Å². The van der Waals surface area contributed by atoms with Gasteiger partial charge in [0.05, 0.1) is 16.3 Å². The molecular weight excluding hydrogens is 376 g/mol. The zero-order chi connectivity index (χ0) is 19.7. The molecule has 7 heteroatoms. The van der Waals surface area contributed by atoms with E-state index in [2.05, 4.69) is 15.4 Å². The number of nitrogens with one attached hydrogen (secondary N) is 1. The third-order valence-corrected chi connectivity index (χ3v) is 5.03. The highest BCUT2D eigenvalue weighted by molar-refractivity contribution is 6.33. The average molecular weight is 395 g/mol. The van der Waals surface area contributed by atoms with Gasteiger partial charge in [-0.3, -0.25) is 14.6 Å². The molecule has 142 valence electrons. The SMILES string of the molecule is CC(=O)c1c(-c2cccnc2)nn(CC2CC2)c(=O)c1Nc1ccccc1Cl. The topological polar surface area (TPSA) is 76.9 Å². The second-order valence-electron chi connectivity index (χ2n) is 6.93. The first-order valence-electron chi connectivity index (χ1n) is 9.12. The normalized spacial score (nSPS) is 13.4. The first-order valence-corrected chi connectivity index (χ1v) is 9.50. The van der Waals surface area contributed by atoms with Gasteiger partial charge in [0.1, 0.15) is 11.4 Å². The molecule has 28 heavy (non-hydrogen) atoms. The maximum atomic E-state index is 13.2. The van der Waals surface area contributed by atoms with Crippen LogP contribution in [0.2, 0.25) is 5.02 Å². The number of benzene rings is 1. The van der Waals surface area contributed by atoms with E-state index in [9.17, 15) is 9.59 Å². The van der Waals surface area contributed by atoms with E-state index in [-0.39, 0.29) is 22.6 Å². The molecular formula is C21H19ClN4O2. The summed E-state index contributed by atoms with van der Waals surface area (Å²) in [6.45, 7) is 1.96. The molecule has 6 nitrogen and oxygen atoms in total. The van der Waals surface area contributed by atoms with Gasteiger partial charge in [-0.05, 0) is 49.9 Å². The largest absolute Gasteiger partial charge is 0.349 e. The summed E-state index contributed by atoms with van der Waals surface area (Å²) in [6, 6.07) is 10.7. The Morgan fingerprint density at radius 3 is 2.68 bits per heavy atom. The first-order chi connectivity index (χ1) is 13.5. The van der Waals surface area contributed by atoms with Crippen molar-refractivity contribution >= 4 is 28.8 Å². The summed E-state index contributed by atoms with van der Waals surface area (Å²) < 4.78 is 1.45. The number of hydrogen-bond acceptors (Lipinski definition) is 5. The Morgan fingerprint density at radius 1 is 1.25 bits per heavy atom. The zero-order valence-electron chi connectivity index (χ0n) is 15.4. The van der Waals surface area contributed by atoms with E-state index < -0.39 is 0 Å². The van der Waals surface area contributed by atoms with E-state index in [1.54, 1.807) is 36.7 Å². The standard InChI is InChI=1S/C21H19ClN4O2/c1-13(27)18-19(15-5-4-10-23-11-15)25-26(12-14-8-9-14)21(28)20(18)24-17-7-3-2-6-16(17)22/h2-7,10-11,14,24H,8-9,12H2,1H3. The lowest BCUT2D eigenvalue weighted by Crippen LogP contribution is -2.29. The second-order valence-corrected chi connectivity index (χ2v) is 7.34. The van der Waals surface area contributed by atoms with Crippen LogP contribution in [-0.2, 0) is 6.54 Å². The Kier molecular flexibility index (Phi) is 4.96. The quantitative estimate of drug-likeness (QED) is 0.630. The number of hydrogen-bond donors (Lipinski definition) is 1. The molecule has 3 aromatic rings. The van der Waals surface area contributed by atoms with Crippen molar-refractivity contribution in [2.75, 3.05) is 5.32 Å². The number of aromatic nitrogens is 3. The van der Waals surface area contributed by atoms with E-state index in [1.807, 2.05) is 12.1 Å². The summed E-state index contributed by atoms with van der Waals surface area (Å²) in [6.07, 6.45) is 5.45. The number of anilines is 2. The van der Waals surface area contributed by atoms with Gasteiger partial charge in [-0.1, -0.05) is 23.7 Å². The van der Waals surface area contributed by atoms with E-state index in [1.165, 1.54) is 11.6 Å². The highest BCUT2D eigenvalue weighted by Gasteiger charge is 2.27. The molecule has 0 unspecified atom stereocenters. The van der Waals surface area contributed by atoms with Crippen LogP contribution in [0.15, 0.2) is 53.6 Å². The lowest BCUT2D eigenvalue weighted by atomic mass is 10.0. The predicted octanol–water partition coefficient (Wildman–Crippen LogP) is 4.31. The summed E-state index contributed by atoms with van der Waals surface area (Å²) in [7, 11) is 0. The summed E-state index contributed by atoms with van der Waals surface area (Å²) >= 11 is 6.27. The van der Waals surface area contributed by atoms with Crippen LogP contribution in [0.1, 0.15) is 30.1 Å². The van der Waals surface area contributed by atoms with Crippen LogP contribution in [0.5, 0.6) is 0 Å². The molecule has 1 aromatic carbocycles. The minimum Gasteiger partial charge on any atom is -0.349 e. The van der Waals surface area contributed by atoms with Gasteiger partial charge >= 0.3 is 0 Å². The average Bonchev–Trinajstić information content (AvgIpc) is 3.51. The molecule has 1 aliphatic carbocycles. The maximum Gasteiger partial charge on any atom is 0.291 e. The number of carbonyl (C=O) groups is 1. The van der Waals surface area contributed by atoms with Crippen LogP contribution in [0.25, 0.3) is 11.3 Å². The third-order valence-electron chi connectivity index (χ3n) is 4.70. The Labute approximate surface area is 167 Å². The number of nitrogens with zero attached hydrogens (tertiary/aromatic N) is 3. The Balaban J connectivity index is 1.94. The lowest BCUT2D eigenvalue weighted by Gasteiger charge is -2.17. The van der Waals surface area contributed by atoms with Gasteiger partial charge in [0.2, 0.25) is 0 Å². The van der Waals surface area contributed by atoms with E-state index in [0.717, 1.165) is 12.8 Å². The number of pyridine rings is 1. The van der Waals surface area contributed by atoms with Crippen LogP contribution in [0, 0.1) is 5.92 Å². The molecule has 1 N–H and O–H groups in total. The van der Waals surface area contributed by atoms with Gasteiger partial charge in [-0.25, -0.2) is 4.68 Å². The number of ketones is 1. The number of halogens is 1. The summed E-state index contributed by atoms with van der Waals surface area (Å²) in [5.74, 6) is 0.194. The summed E-state index contributed by atoms with van der Waals surface area (Å²) in [5, 5.41) is 8.09. The molecule has 0 aliphatic heterocycles. The molecule has 1 fully saturated rings. The van der Waals surface area contributed by atoms with Crippen molar-refractivity contribution in [3.05, 3.63) is 69.7 Å². The lowest BCUT2D eigenvalue weighted by molar-refractivity contribution is 0.101. The van der Waals surface area contributed by atoms with E-state index in [4.69, 9.17) is 11.6 Å². The van der Waals surface area contributed by atoms with Crippen molar-refractivity contribution in [2.24, 2.45) is 5.92 Å². The van der Waals surface area contributed by atoms with Crippen LogP contribution in [-0.4, -0.2) is 20.5 Å². The van der Waals surface area contributed by atoms with Crippen LogP contribution in [0.3, 0.4) is 0 Å². The van der Waals surface area contributed by atoms with Gasteiger partial charge in [-0.2, -0.15) is 5.10 Å². The molecule has 0 atom stereocenters. The highest BCUT2D eigenvalue weighted by Crippen LogP contribution is 2.32. The van der Waals surface area contributed by atoms with E-state index >= 15 is 0 Å². The number of carbonyl (C=O) groups excluding carboxylic acids is 1. The van der Waals surface area contributed by atoms with Gasteiger partial charge < -0.3 is 5.32 Å². The molecule has 0 amide bonds. The first kappa shape index (κ1) is 18.4. The van der Waals surface area contributed by atoms with Gasteiger partial charge in [0.15, 0.2) is 5.78 Å². The highest BCUT2D eigenvalue weighted by atomic mass is 35.5. The van der Waals surface area contributed by atoms with Gasteiger partial charge in [0, 0.05) is 24.5 Å². The molecule has 0 bridgehead atoms. The van der Waals surface area contributed by atoms with Gasteiger partial charge in [-0.15, -0.1) is 0 Å². The predicted molar refractivity (Wildman–Crippen MR) is 109 cm³/mol. The molecule has 1 saturated carbocycles. The Morgan fingerprint density at radius 2 is 2.04 bits per heavy atom. The van der Waals surface area contributed by atoms with Crippen LogP contribution in [0.4, 0.5) is 11.4 Å². The van der Waals surface area contributed by atoms with Crippen molar-refractivity contribution in [2.45, 2.75) is 26.3 Å². The number of para-hydroxylation sites is 1. The minimum atomic E-state index is -0.329. The summed E-state index contributed by atoms with van der Waals surface area (Å²) in [4.78, 5) is 29.9. The minimum absolute atomic E-state index is 0.190. The molecule has 4 rings (SSSR count). The zero-order valence-corrected chi connectivity index (χ0v) is 16.1. The summed E-state index contributed by atoms with van der Waals surface area (Å²) in [5.41, 5.74) is 1.78. The molecule has 0 saturated heterocycles. The Bertz CT molecular complexity index is 1090. The van der Waals surface area contributed by atoms with Crippen LogP contribution < -0.4 is 10.9 Å². The Hall–Kier alpha value is -2.99. The van der Waals surface area contributed by atoms with Crippen LogP contribution >= 0.6 is 11.6 Å². The van der Waals surface area contributed by atoms with E-state index in [0.29, 0.717) is 34.4 Å². The monoisotopic (exact) mass is 394 g/mol. The number of rotatable bonds is 6. The fraction of sp³-hybridized carbons (Fsp3) is 0.238. The van der Waals surface area contributed by atoms with Crippen molar-refractivity contribution in [1.82, 2.24) is 14.8 Å².